The maximum Gasteiger partial charge on any atom is 0.242 e. The number of hydrogen-bond donors (Lipinski definition) is 0. The van der Waals surface area contributed by atoms with Gasteiger partial charge in [0.1, 0.15) is 12.1 Å². The third kappa shape index (κ3) is 3.37. The van der Waals surface area contributed by atoms with Crippen LogP contribution in [0.15, 0.2) is 23.1 Å². The van der Waals surface area contributed by atoms with Gasteiger partial charge in [-0.25, -0.2) is 17.1 Å². The summed E-state index contributed by atoms with van der Waals surface area (Å²) in [5, 5.41) is 0. The number of hydrogen-bond acceptors (Lipinski definition) is 3. The summed E-state index contributed by atoms with van der Waals surface area (Å²) in [7, 11) is -0.987. The lowest BCUT2D eigenvalue weighted by Crippen LogP contribution is -2.24. The molecule has 0 aliphatic carbocycles. The largest absolute Gasteiger partial charge is 0.302 e. The molecule has 1 unspecified atom stereocenters. The summed E-state index contributed by atoms with van der Waals surface area (Å²) in [6.07, 6.45) is 0.849. The highest BCUT2D eigenvalue weighted by molar-refractivity contribution is 9.09. The molecule has 0 aliphatic heterocycles. The third-order valence-electron chi connectivity index (χ3n) is 2.35. The van der Waals surface area contributed by atoms with Gasteiger partial charge in [0.25, 0.3) is 0 Å². The SMILES string of the molecule is CN(C)S(=O)(=O)c1cc(F)ccc1CC(Br)C=O. The fourth-order valence-corrected chi connectivity index (χ4v) is 2.88. The first kappa shape index (κ1) is 15.3. The molecule has 0 saturated heterocycles. The van der Waals surface area contributed by atoms with Gasteiger partial charge in [0.05, 0.1) is 9.72 Å². The molecule has 4 nitrogen and oxygen atoms in total. The zero-order chi connectivity index (χ0) is 13.9. The first-order valence-corrected chi connectivity index (χ1v) is 7.45. The summed E-state index contributed by atoms with van der Waals surface area (Å²) in [5.41, 5.74) is 0.402. The van der Waals surface area contributed by atoms with Crippen LogP contribution in [0, 0.1) is 5.82 Å². The topological polar surface area (TPSA) is 54.5 Å². The Bertz CT molecular complexity index is 545. The van der Waals surface area contributed by atoms with E-state index in [-0.39, 0.29) is 11.3 Å². The van der Waals surface area contributed by atoms with E-state index >= 15 is 0 Å². The lowest BCUT2D eigenvalue weighted by Gasteiger charge is -2.15. The molecule has 0 aromatic heterocycles. The molecule has 0 amide bonds. The van der Waals surface area contributed by atoms with Gasteiger partial charge in [0, 0.05) is 14.1 Å². The number of aldehydes is 1. The van der Waals surface area contributed by atoms with Crippen LogP contribution in [0.4, 0.5) is 4.39 Å². The molecule has 1 atom stereocenters. The van der Waals surface area contributed by atoms with Gasteiger partial charge in [-0.1, -0.05) is 22.0 Å². The second-order valence-electron chi connectivity index (χ2n) is 3.90. The molecule has 0 heterocycles. The Morgan fingerprint density at radius 2 is 2.06 bits per heavy atom. The van der Waals surface area contributed by atoms with Gasteiger partial charge in [-0.15, -0.1) is 0 Å². The average Bonchev–Trinajstić information content (AvgIpc) is 2.30. The molecular formula is C11H13BrFNO3S. The van der Waals surface area contributed by atoms with Crippen molar-refractivity contribution in [3.05, 3.63) is 29.6 Å². The maximum atomic E-state index is 13.2. The lowest BCUT2D eigenvalue weighted by molar-refractivity contribution is -0.107. The zero-order valence-electron chi connectivity index (χ0n) is 9.93. The normalized spacial score (nSPS) is 13.6. The predicted octanol–water partition coefficient (Wildman–Crippen LogP) is 1.58. The number of sulfonamides is 1. The minimum Gasteiger partial charge on any atom is -0.302 e. The smallest absolute Gasteiger partial charge is 0.242 e. The fraction of sp³-hybridized carbons (Fsp3) is 0.364. The van der Waals surface area contributed by atoms with Crippen LogP contribution in [0.1, 0.15) is 5.56 Å². The Hall–Kier alpha value is -0.790. The number of alkyl halides is 1. The first-order valence-electron chi connectivity index (χ1n) is 5.09. The Morgan fingerprint density at radius 1 is 1.44 bits per heavy atom. The van der Waals surface area contributed by atoms with Gasteiger partial charge in [0.15, 0.2) is 0 Å². The van der Waals surface area contributed by atoms with E-state index in [9.17, 15) is 17.6 Å². The van der Waals surface area contributed by atoms with E-state index in [4.69, 9.17) is 0 Å². The first-order chi connectivity index (χ1) is 8.28. The zero-order valence-corrected chi connectivity index (χ0v) is 12.3. The van der Waals surface area contributed by atoms with Crippen molar-refractivity contribution < 1.29 is 17.6 Å². The van der Waals surface area contributed by atoms with E-state index < -0.39 is 20.7 Å². The molecule has 18 heavy (non-hydrogen) atoms. The van der Waals surface area contributed by atoms with Crippen LogP contribution in [0.5, 0.6) is 0 Å². The highest BCUT2D eigenvalue weighted by Crippen LogP contribution is 2.22. The van der Waals surface area contributed by atoms with Crippen LogP contribution in [0.3, 0.4) is 0 Å². The van der Waals surface area contributed by atoms with Crippen molar-refractivity contribution in [3.8, 4) is 0 Å². The summed E-state index contributed by atoms with van der Waals surface area (Å²) in [4.78, 5) is 9.98. The van der Waals surface area contributed by atoms with Gasteiger partial charge in [-0.3, -0.25) is 0 Å². The molecule has 1 rings (SSSR count). The third-order valence-corrected chi connectivity index (χ3v) is 4.79. The molecule has 0 fully saturated rings. The van der Waals surface area contributed by atoms with Gasteiger partial charge in [-0.2, -0.15) is 0 Å². The number of benzene rings is 1. The van der Waals surface area contributed by atoms with E-state index in [1.54, 1.807) is 0 Å². The monoisotopic (exact) mass is 337 g/mol. The van der Waals surface area contributed by atoms with Gasteiger partial charge < -0.3 is 4.79 Å². The quantitative estimate of drug-likeness (QED) is 0.605. The molecular weight excluding hydrogens is 325 g/mol. The summed E-state index contributed by atoms with van der Waals surface area (Å²) < 4.78 is 38.3. The average molecular weight is 338 g/mol. The molecule has 0 N–H and O–H groups in total. The summed E-state index contributed by atoms with van der Waals surface area (Å²) in [5.74, 6) is -0.628. The second kappa shape index (κ2) is 5.90. The number of carbonyl (C=O) groups is 1. The van der Waals surface area contributed by atoms with Crippen LogP contribution in [0.25, 0.3) is 0 Å². The summed E-state index contributed by atoms with van der Waals surface area (Å²) in [6.45, 7) is 0. The van der Waals surface area contributed by atoms with Gasteiger partial charge in [0.2, 0.25) is 10.0 Å². The van der Waals surface area contributed by atoms with E-state index in [2.05, 4.69) is 15.9 Å². The second-order valence-corrected chi connectivity index (χ2v) is 7.19. The summed E-state index contributed by atoms with van der Waals surface area (Å²) in [6, 6.07) is 3.52. The Kier molecular flexibility index (Phi) is 5.01. The van der Waals surface area contributed by atoms with Crippen molar-refractivity contribution in [2.75, 3.05) is 14.1 Å². The van der Waals surface area contributed by atoms with Crippen LogP contribution >= 0.6 is 15.9 Å². The molecule has 1 aromatic carbocycles. The van der Waals surface area contributed by atoms with Gasteiger partial charge in [-0.05, 0) is 24.1 Å². The Morgan fingerprint density at radius 3 is 2.56 bits per heavy atom. The Balaban J connectivity index is 3.33. The van der Waals surface area contributed by atoms with E-state index in [0.717, 1.165) is 10.4 Å². The van der Waals surface area contributed by atoms with Crippen LogP contribution in [0.2, 0.25) is 0 Å². The molecule has 0 bridgehead atoms. The number of nitrogens with zero attached hydrogens (tertiary/aromatic N) is 1. The minimum absolute atomic E-state index is 0.112. The van der Waals surface area contributed by atoms with Crippen molar-refractivity contribution in [2.45, 2.75) is 16.1 Å². The lowest BCUT2D eigenvalue weighted by atomic mass is 10.1. The highest BCUT2D eigenvalue weighted by atomic mass is 79.9. The number of carbonyl (C=O) groups excluding carboxylic acids is 1. The van der Waals surface area contributed by atoms with Gasteiger partial charge >= 0.3 is 0 Å². The molecule has 7 heteroatoms. The molecule has 1 aromatic rings. The van der Waals surface area contributed by atoms with Crippen molar-refractivity contribution in [1.29, 1.82) is 0 Å². The van der Waals surface area contributed by atoms with Crippen LogP contribution in [-0.4, -0.2) is 37.9 Å². The van der Waals surface area contributed by atoms with E-state index in [0.29, 0.717) is 11.8 Å². The standard InChI is InChI=1S/C11H13BrFNO3S/c1-14(2)18(16,17)11-6-10(13)4-3-8(11)5-9(12)7-15/h3-4,6-7,9H,5H2,1-2H3. The number of rotatable bonds is 5. The highest BCUT2D eigenvalue weighted by Gasteiger charge is 2.22. The Labute approximate surface area is 114 Å². The van der Waals surface area contributed by atoms with Crippen molar-refractivity contribution in [3.63, 3.8) is 0 Å². The minimum atomic E-state index is -3.73. The predicted molar refractivity (Wildman–Crippen MR) is 69.8 cm³/mol. The van der Waals surface area contributed by atoms with E-state index in [1.165, 1.54) is 26.2 Å². The summed E-state index contributed by atoms with van der Waals surface area (Å²) >= 11 is 3.10. The van der Waals surface area contributed by atoms with Crippen LogP contribution in [-0.2, 0) is 21.2 Å². The molecule has 100 valence electrons. The number of halogens is 2. The van der Waals surface area contributed by atoms with Crippen LogP contribution < -0.4 is 0 Å². The molecule has 0 spiro atoms. The molecule has 0 radical (unpaired) electrons. The molecule has 0 saturated carbocycles. The fourth-order valence-electron chi connectivity index (χ4n) is 1.39. The van der Waals surface area contributed by atoms with Crippen molar-refractivity contribution in [1.82, 2.24) is 4.31 Å². The van der Waals surface area contributed by atoms with Crippen molar-refractivity contribution >= 4 is 32.2 Å². The van der Waals surface area contributed by atoms with Crippen molar-refractivity contribution in [2.24, 2.45) is 0 Å². The maximum absolute atomic E-state index is 13.2. The molecule has 0 aliphatic rings. The van der Waals surface area contributed by atoms with E-state index in [1.807, 2.05) is 0 Å².